The van der Waals surface area contributed by atoms with Crippen LogP contribution < -0.4 is 5.32 Å². The van der Waals surface area contributed by atoms with Gasteiger partial charge in [-0.3, -0.25) is 4.68 Å². The van der Waals surface area contributed by atoms with Gasteiger partial charge in [0.15, 0.2) is 0 Å². The van der Waals surface area contributed by atoms with Crippen LogP contribution >= 0.6 is 0 Å². The second-order valence-corrected chi connectivity index (χ2v) is 5.47. The van der Waals surface area contributed by atoms with Crippen molar-refractivity contribution in [3.8, 4) is 0 Å². The molecule has 1 aliphatic carbocycles. The van der Waals surface area contributed by atoms with Crippen LogP contribution in [0.3, 0.4) is 0 Å². The van der Waals surface area contributed by atoms with Crippen LogP contribution in [0.2, 0.25) is 0 Å². The fourth-order valence-electron chi connectivity index (χ4n) is 2.85. The molecule has 1 unspecified atom stereocenters. The average Bonchev–Trinajstić information content (AvgIpc) is 2.75. The van der Waals surface area contributed by atoms with E-state index in [2.05, 4.69) is 40.9 Å². The van der Waals surface area contributed by atoms with Gasteiger partial charge in [-0.15, -0.1) is 0 Å². The predicted molar refractivity (Wildman–Crippen MR) is 77.1 cm³/mol. The maximum Gasteiger partial charge on any atom is 0.0605 e. The van der Waals surface area contributed by atoms with Gasteiger partial charge < -0.3 is 5.32 Å². The van der Waals surface area contributed by atoms with Crippen molar-refractivity contribution >= 4 is 0 Å². The highest BCUT2D eigenvalue weighted by Gasteiger charge is 2.21. The third kappa shape index (κ3) is 2.43. The number of hydrogen-bond donors (Lipinski definition) is 1. The quantitative estimate of drug-likeness (QED) is 0.910. The Balaban J connectivity index is 1.90. The molecule has 1 aliphatic rings. The van der Waals surface area contributed by atoms with Gasteiger partial charge in [-0.05, 0) is 36.9 Å². The summed E-state index contributed by atoms with van der Waals surface area (Å²) in [6.07, 6.45) is 8.10. The molecule has 0 amide bonds. The second kappa shape index (κ2) is 5.17. The molecule has 0 bridgehead atoms. The molecule has 3 heteroatoms. The number of rotatable bonds is 4. The molecule has 1 N–H and O–H groups in total. The van der Waals surface area contributed by atoms with Crippen LogP contribution in [0.1, 0.15) is 47.9 Å². The third-order valence-electron chi connectivity index (χ3n) is 4.17. The maximum absolute atomic E-state index is 4.27. The smallest absolute Gasteiger partial charge is 0.0605 e. The lowest BCUT2D eigenvalue weighted by Crippen LogP contribution is -2.18. The maximum atomic E-state index is 4.27. The van der Waals surface area contributed by atoms with E-state index < -0.39 is 0 Å². The first-order valence-corrected chi connectivity index (χ1v) is 7.03. The van der Waals surface area contributed by atoms with Crippen molar-refractivity contribution in [3.05, 3.63) is 53.3 Å². The van der Waals surface area contributed by atoms with E-state index in [-0.39, 0.29) is 6.04 Å². The molecule has 100 valence electrons. The minimum absolute atomic E-state index is 0.230. The van der Waals surface area contributed by atoms with Gasteiger partial charge in [0.05, 0.1) is 12.2 Å². The highest BCUT2D eigenvalue weighted by atomic mass is 15.2. The van der Waals surface area contributed by atoms with Gasteiger partial charge in [0.1, 0.15) is 0 Å². The molecule has 0 radical (unpaired) electrons. The summed E-state index contributed by atoms with van der Waals surface area (Å²) in [4.78, 5) is 0. The zero-order valence-electron chi connectivity index (χ0n) is 11.6. The average molecular weight is 255 g/mol. The van der Waals surface area contributed by atoms with Gasteiger partial charge in [0.2, 0.25) is 0 Å². The van der Waals surface area contributed by atoms with E-state index in [0.717, 1.165) is 5.92 Å². The van der Waals surface area contributed by atoms with Crippen LogP contribution in [0.25, 0.3) is 0 Å². The molecule has 1 saturated carbocycles. The molecule has 1 aromatic heterocycles. The monoisotopic (exact) mass is 255 g/mol. The summed E-state index contributed by atoms with van der Waals surface area (Å²) < 4.78 is 1.86. The summed E-state index contributed by atoms with van der Waals surface area (Å²) in [5.41, 5.74) is 4.04. The summed E-state index contributed by atoms with van der Waals surface area (Å²) in [5, 5.41) is 7.67. The minimum Gasteiger partial charge on any atom is -0.309 e. The fourth-order valence-corrected chi connectivity index (χ4v) is 2.85. The first kappa shape index (κ1) is 12.4. The Hall–Kier alpha value is -1.61. The molecule has 0 spiro atoms. The van der Waals surface area contributed by atoms with Gasteiger partial charge in [-0.1, -0.05) is 30.7 Å². The topological polar surface area (TPSA) is 29.9 Å². The lowest BCUT2D eigenvalue weighted by molar-refractivity contribution is 0.419. The third-order valence-corrected chi connectivity index (χ3v) is 4.17. The predicted octanol–water partition coefficient (Wildman–Crippen LogP) is 3.00. The van der Waals surface area contributed by atoms with Crippen molar-refractivity contribution in [2.75, 3.05) is 7.05 Å². The van der Waals surface area contributed by atoms with E-state index in [0.29, 0.717) is 0 Å². The summed E-state index contributed by atoms with van der Waals surface area (Å²) in [5.74, 6) is 0.784. The number of aromatic nitrogens is 2. The first-order chi connectivity index (χ1) is 9.28. The molecular weight excluding hydrogens is 234 g/mol. The molecule has 3 nitrogen and oxygen atoms in total. The lowest BCUT2D eigenvalue weighted by atomic mass is 9.79. The van der Waals surface area contributed by atoms with Crippen LogP contribution in [0.4, 0.5) is 0 Å². The zero-order valence-corrected chi connectivity index (χ0v) is 11.6. The molecule has 1 aromatic carbocycles. The van der Waals surface area contributed by atoms with E-state index >= 15 is 0 Å². The Bertz CT molecular complexity index is 555. The number of hydrogen-bond acceptors (Lipinski definition) is 2. The lowest BCUT2D eigenvalue weighted by Gasteiger charge is -2.27. The molecule has 0 aliphatic heterocycles. The molecule has 19 heavy (non-hydrogen) atoms. The largest absolute Gasteiger partial charge is 0.309 e. The van der Waals surface area contributed by atoms with Crippen LogP contribution in [0.15, 0.2) is 36.7 Å². The van der Waals surface area contributed by atoms with Crippen molar-refractivity contribution in [2.24, 2.45) is 7.05 Å². The summed E-state index contributed by atoms with van der Waals surface area (Å²) >= 11 is 0. The molecule has 0 saturated heterocycles. The van der Waals surface area contributed by atoms with E-state index in [1.165, 1.54) is 36.0 Å². The highest BCUT2D eigenvalue weighted by molar-refractivity contribution is 5.34. The molecule has 2 aromatic rings. The van der Waals surface area contributed by atoms with Crippen LogP contribution in [-0.2, 0) is 7.05 Å². The summed E-state index contributed by atoms with van der Waals surface area (Å²) in [6, 6.07) is 9.25. The van der Waals surface area contributed by atoms with Gasteiger partial charge >= 0.3 is 0 Å². The Morgan fingerprint density at radius 2 is 2.16 bits per heavy atom. The molecule has 1 heterocycles. The minimum atomic E-state index is 0.230. The number of benzene rings is 1. The van der Waals surface area contributed by atoms with E-state index in [9.17, 15) is 0 Å². The standard InChI is InChI=1S/C16H21N3/c1-17-16(15-10-18-19(2)11-15)14-8-4-7-13(9-14)12-5-3-6-12/h4,7-12,16-17H,3,5-6H2,1-2H3. The summed E-state index contributed by atoms with van der Waals surface area (Å²) in [6.45, 7) is 0. The molecule has 1 fully saturated rings. The highest BCUT2D eigenvalue weighted by Crippen LogP contribution is 2.37. The van der Waals surface area contributed by atoms with Crippen LogP contribution in [0, 0.1) is 0 Å². The van der Waals surface area contributed by atoms with Gasteiger partial charge in [-0.2, -0.15) is 5.10 Å². The molecule has 3 rings (SSSR count). The van der Waals surface area contributed by atoms with E-state index in [4.69, 9.17) is 0 Å². The fraction of sp³-hybridized carbons (Fsp3) is 0.438. The summed E-state index contributed by atoms with van der Waals surface area (Å²) in [7, 11) is 3.97. The second-order valence-electron chi connectivity index (χ2n) is 5.47. The number of aryl methyl sites for hydroxylation is 1. The van der Waals surface area contributed by atoms with Gasteiger partial charge in [0, 0.05) is 18.8 Å². The Morgan fingerprint density at radius 1 is 1.32 bits per heavy atom. The van der Waals surface area contributed by atoms with Gasteiger partial charge in [-0.25, -0.2) is 0 Å². The Morgan fingerprint density at radius 3 is 2.74 bits per heavy atom. The van der Waals surface area contributed by atoms with Crippen molar-refractivity contribution in [2.45, 2.75) is 31.2 Å². The van der Waals surface area contributed by atoms with Crippen molar-refractivity contribution in [1.82, 2.24) is 15.1 Å². The Labute approximate surface area is 114 Å². The Kier molecular flexibility index (Phi) is 3.38. The van der Waals surface area contributed by atoms with E-state index in [1.807, 2.05) is 25.0 Å². The van der Waals surface area contributed by atoms with Crippen LogP contribution in [0.5, 0.6) is 0 Å². The molecule has 1 atom stereocenters. The van der Waals surface area contributed by atoms with Crippen molar-refractivity contribution in [1.29, 1.82) is 0 Å². The zero-order chi connectivity index (χ0) is 13.2. The van der Waals surface area contributed by atoms with E-state index in [1.54, 1.807) is 0 Å². The SMILES string of the molecule is CNC(c1cccc(C2CCC2)c1)c1cnn(C)c1. The van der Waals surface area contributed by atoms with Crippen molar-refractivity contribution in [3.63, 3.8) is 0 Å². The normalized spacial score (nSPS) is 17.2. The first-order valence-electron chi connectivity index (χ1n) is 7.03. The van der Waals surface area contributed by atoms with Crippen LogP contribution in [-0.4, -0.2) is 16.8 Å². The van der Waals surface area contributed by atoms with Gasteiger partial charge in [0.25, 0.3) is 0 Å². The van der Waals surface area contributed by atoms with Crippen molar-refractivity contribution < 1.29 is 0 Å². The number of nitrogens with zero attached hydrogens (tertiary/aromatic N) is 2. The number of nitrogens with one attached hydrogen (secondary N) is 1. The molecular formula is C16H21N3.